The first-order chi connectivity index (χ1) is 12.0. The molecule has 0 atom stereocenters. The van der Waals surface area contributed by atoms with E-state index in [2.05, 4.69) is 20.2 Å². The Hall–Kier alpha value is -2.96. The van der Waals surface area contributed by atoms with E-state index in [0.717, 1.165) is 31.5 Å². The number of piperidine rings is 1. The van der Waals surface area contributed by atoms with Gasteiger partial charge in [0.05, 0.1) is 12.4 Å². The van der Waals surface area contributed by atoms with Crippen molar-refractivity contribution in [1.82, 2.24) is 15.3 Å². The number of amides is 1. The highest BCUT2D eigenvalue weighted by molar-refractivity contribution is 5.95. The number of nitrogens with one attached hydrogen (secondary N) is 1. The van der Waals surface area contributed by atoms with Gasteiger partial charge in [0.1, 0.15) is 5.82 Å². The van der Waals surface area contributed by atoms with Gasteiger partial charge in [0.15, 0.2) is 5.69 Å². The number of aromatic nitrogens is 2. The van der Waals surface area contributed by atoms with Crippen LogP contribution in [0.15, 0.2) is 36.7 Å². The lowest BCUT2D eigenvalue weighted by atomic mass is 10.0. The summed E-state index contributed by atoms with van der Waals surface area (Å²) < 4.78 is 0. The summed E-state index contributed by atoms with van der Waals surface area (Å²) in [4.78, 5) is 33.3. The Morgan fingerprint density at radius 2 is 1.88 bits per heavy atom. The molecule has 0 radical (unpaired) electrons. The van der Waals surface area contributed by atoms with Crippen LogP contribution in [0.2, 0.25) is 0 Å². The van der Waals surface area contributed by atoms with Crippen LogP contribution in [0, 0.1) is 6.92 Å². The number of hydrogen-bond acceptors (Lipinski definition) is 5. The van der Waals surface area contributed by atoms with Crippen molar-refractivity contribution in [2.45, 2.75) is 25.8 Å². The average molecular weight is 340 g/mol. The van der Waals surface area contributed by atoms with Crippen molar-refractivity contribution in [3.63, 3.8) is 0 Å². The Bertz CT molecular complexity index is 768. The number of carbonyl (C=O) groups excluding carboxylic acids is 1. The highest BCUT2D eigenvalue weighted by Gasteiger charge is 2.22. The highest BCUT2D eigenvalue weighted by atomic mass is 16.4. The zero-order valence-electron chi connectivity index (χ0n) is 14.0. The van der Waals surface area contributed by atoms with Gasteiger partial charge >= 0.3 is 5.97 Å². The van der Waals surface area contributed by atoms with Crippen LogP contribution in [0.5, 0.6) is 0 Å². The maximum Gasteiger partial charge on any atom is 0.356 e. The number of nitrogens with zero attached hydrogens (tertiary/aromatic N) is 3. The first-order valence-corrected chi connectivity index (χ1v) is 8.21. The molecule has 1 saturated heterocycles. The molecule has 25 heavy (non-hydrogen) atoms. The van der Waals surface area contributed by atoms with Gasteiger partial charge in [-0.1, -0.05) is 18.2 Å². The van der Waals surface area contributed by atoms with Gasteiger partial charge in [-0.2, -0.15) is 0 Å². The van der Waals surface area contributed by atoms with Crippen molar-refractivity contribution in [2.75, 3.05) is 18.0 Å². The lowest BCUT2D eigenvalue weighted by Gasteiger charge is -2.33. The second-order valence-electron chi connectivity index (χ2n) is 6.11. The monoisotopic (exact) mass is 340 g/mol. The largest absolute Gasteiger partial charge is 0.476 e. The van der Waals surface area contributed by atoms with E-state index in [9.17, 15) is 9.59 Å². The van der Waals surface area contributed by atoms with Gasteiger partial charge in [0.2, 0.25) is 0 Å². The van der Waals surface area contributed by atoms with Crippen LogP contribution < -0.4 is 10.2 Å². The van der Waals surface area contributed by atoms with E-state index in [4.69, 9.17) is 5.11 Å². The van der Waals surface area contributed by atoms with Crippen LogP contribution in [-0.4, -0.2) is 46.1 Å². The summed E-state index contributed by atoms with van der Waals surface area (Å²) in [6, 6.07) is 7.66. The molecule has 0 unspecified atom stereocenters. The predicted octanol–water partition coefficient (Wildman–Crippen LogP) is 1.88. The van der Waals surface area contributed by atoms with Gasteiger partial charge < -0.3 is 15.3 Å². The Balaban J connectivity index is 1.56. The molecule has 1 aliphatic heterocycles. The van der Waals surface area contributed by atoms with Gasteiger partial charge in [-0.3, -0.25) is 4.79 Å². The van der Waals surface area contributed by atoms with E-state index in [-0.39, 0.29) is 17.6 Å². The van der Waals surface area contributed by atoms with Crippen LogP contribution in [0.25, 0.3) is 0 Å². The Kier molecular flexibility index (Phi) is 4.92. The molecule has 1 aromatic carbocycles. The molecule has 1 fully saturated rings. The molecule has 2 N–H and O–H groups in total. The molecule has 7 heteroatoms. The molecular weight excluding hydrogens is 320 g/mol. The molecule has 1 aliphatic rings. The smallest absolute Gasteiger partial charge is 0.356 e. The minimum absolute atomic E-state index is 0.0397. The Labute approximate surface area is 145 Å². The van der Waals surface area contributed by atoms with Crippen molar-refractivity contribution in [1.29, 1.82) is 0 Å². The summed E-state index contributed by atoms with van der Waals surface area (Å²) in [5.41, 5.74) is 1.61. The number of carbonyl (C=O) groups is 2. The fraction of sp³-hybridized carbons (Fsp3) is 0.333. The first kappa shape index (κ1) is 16.9. The average Bonchev–Trinajstić information content (AvgIpc) is 2.63. The van der Waals surface area contributed by atoms with Gasteiger partial charge in [-0.25, -0.2) is 14.8 Å². The fourth-order valence-corrected chi connectivity index (χ4v) is 2.94. The molecule has 0 spiro atoms. The molecule has 7 nitrogen and oxygen atoms in total. The van der Waals surface area contributed by atoms with Crippen LogP contribution in [-0.2, 0) is 0 Å². The van der Waals surface area contributed by atoms with E-state index in [1.54, 1.807) is 0 Å². The van der Waals surface area contributed by atoms with Crippen molar-refractivity contribution < 1.29 is 14.7 Å². The van der Waals surface area contributed by atoms with E-state index in [0.29, 0.717) is 11.4 Å². The summed E-state index contributed by atoms with van der Waals surface area (Å²) in [5, 5.41) is 12.0. The third-order valence-electron chi connectivity index (χ3n) is 4.40. The van der Waals surface area contributed by atoms with Crippen molar-refractivity contribution in [3.05, 3.63) is 53.5 Å². The molecule has 2 heterocycles. The van der Waals surface area contributed by atoms with Crippen molar-refractivity contribution >= 4 is 17.7 Å². The minimum Gasteiger partial charge on any atom is -0.476 e. The molecule has 3 rings (SSSR count). The maximum absolute atomic E-state index is 12.4. The zero-order chi connectivity index (χ0) is 17.8. The van der Waals surface area contributed by atoms with Crippen LogP contribution in [0.3, 0.4) is 0 Å². The summed E-state index contributed by atoms with van der Waals surface area (Å²) in [7, 11) is 0. The molecule has 1 amide bonds. The summed E-state index contributed by atoms with van der Waals surface area (Å²) in [6.45, 7) is 3.40. The number of carboxylic acids is 1. The third-order valence-corrected chi connectivity index (χ3v) is 4.40. The quantitative estimate of drug-likeness (QED) is 0.882. The lowest BCUT2D eigenvalue weighted by molar-refractivity contribution is 0.0689. The molecule has 2 aromatic rings. The normalized spacial score (nSPS) is 15.0. The first-order valence-electron chi connectivity index (χ1n) is 8.21. The van der Waals surface area contributed by atoms with E-state index in [1.165, 1.54) is 12.4 Å². The van der Waals surface area contributed by atoms with Crippen molar-refractivity contribution in [3.8, 4) is 0 Å². The summed E-state index contributed by atoms with van der Waals surface area (Å²) >= 11 is 0. The predicted molar refractivity (Wildman–Crippen MR) is 92.9 cm³/mol. The molecular formula is C18H20N4O3. The van der Waals surface area contributed by atoms with Gasteiger partial charge in [-0.15, -0.1) is 0 Å². The number of rotatable bonds is 4. The number of carboxylic acid groups (broad SMARTS) is 1. The molecule has 1 aromatic heterocycles. The Morgan fingerprint density at radius 1 is 1.16 bits per heavy atom. The number of anilines is 1. The van der Waals surface area contributed by atoms with Crippen LogP contribution in [0.1, 0.15) is 39.3 Å². The summed E-state index contributed by atoms with van der Waals surface area (Å²) in [5.74, 6) is -0.465. The standard InChI is InChI=1S/C18H20N4O3/c1-12-4-2-3-5-14(12)17(23)21-13-6-8-22(9-7-13)16-11-19-15(10-20-16)18(24)25/h2-5,10-11,13H,6-9H2,1H3,(H,21,23)(H,24,25). The number of aryl methyl sites for hydroxylation is 1. The number of aromatic carboxylic acids is 1. The van der Waals surface area contributed by atoms with E-state index >= 15 is 0 Å². The Morgan fingerprint density at radius 3 is 2.48 bits per heavy atom. The third kappa shape index (κ3) is 3.93. The van der Waals surface area contributed by atoms with Crippen LogP contribution >= 0.6 is 0 Å². The molecule has 0 aliphatic carbocycles. The fourth-order valence-electron chi connectivity index (χ4n) is 2.94. The SMILES string of the molecule is Cc1ccccc1C(=O)NC1CCN(c2cnc(C(=O)O)cn2)CC1. The molecule has 0 saturated carbocycles. The summed E-state index contributed by atoms with van der Waals surface area (Å²) in [6.07, 6.45) is 4.36. The van der Waals surface area contributed by atoms with Gasteiger partial charge in [0.25, 0.3) is 5.91 Å². The topological polar surface area (TPSA) is 95.4 Å². The zero-order valence-corrected chi connectivity index (χ0v) is 14.0. The second-order valence-corrected chi connectivity index (χ2v) is 6.11. The highest BCUT2D eigenvalue weighted by Crippen LogP contribution is 2.18. The lowest BCUT2D eigenvalue weighted by Crippen LogP contribution is -2.45. The van der Waals surface area contributed by atoms with E-state index in [1.807, 2.05) is 31.2 Å². The van der Waals surface area contributed by atoms with Gasteiger partial charge in [-0.05, 0) is 31.4 Å². The minimum atomic E-state index is -1.09. The van der Waals surface area contributed by atoms with Crippen LogP contribution in [0.4, 0.5) is 5.82 Å². The second kappa shape index (κ2) is 7.29. The van der Waals surface area contributed by atoms with E-state index < -0.39 is 5.97 Å². The van der Waals surface area contributed by atoms with Gasteiger partial charge in [0, 0.05) is 24.7 Å². The molecule has 130 valence electrons. The van der Waals surface area contributed by atoms with Crippen molar-refractivity contribution in [2.24, 2.45) is 0 Å². The maximum atomic E-state index is 12.4. The molecule has 0 bridgehead atoms. The number of hydrogen-bond donors (Lipinski definition) is 2. The number of benzene rings is 1.